The third-order valence-electron chi connectivity index (χ3n) is 5.06. The van der Waals surface area contributed by atoms with E-state index in [2.05, 4.69) is 29.1 Å². The summed E-state index contributed by atoms with van der Waals surface area (Å²) in [4.78, 5) is 26.1. The van der Waals surface area contributed by atoms with E-state index in [9.17, 15) is 9.59 Å². The summed E-state index contributed by atoms with van der Waals surface area (Å²) in [5.74, 6) is -0.219. The predicted molar refractivity (Wildman–Crippen MR) is 97.5 cm³/mol. The summed E-state index contributed by atoms with van der Waals surface area (Å²) in [5, 5.41) is 4.14. The molecule has 0 aliphatic carbocycles. The van der Waals surface area contributed by atoms with Crippen LogP contribution in [0.25, 0.3) is 10.9 Å². The van der Waals surface area contributed by atoms with Gasteiger partial charge in [-0.1, -0.05) is 13.0 Å². The van der Waals surface area contributed by atoms with E-state index in [0.717, 1.165) is 23.1 Å². The summed E-state index contributed by atoms with van der Waals surface area (Å²) in [6.45, 7) is 6.08. The van der Waals surface area contributed by atoms with Gasteiger partial charge in [0.2, 0.25) is 0 Å². The highest BCUT2D eigenvalue weighted by Crippen LogP contribution is 2.26. The van der Waals surface area contributed by atoms with Gasteiger partial charge in [-0.2, -0.15) is 0 Å². The Morgan fingerprint density at radius 3 is 2.80 bits per heavy atom. The highest BCUT2D eigenvalue weighted by atomic mass is 16.5. The number of rotatable bonds is 3. The van der Waals surface area contributed by atoms with Crippen LogP contribution in [0.1, 0.15) is 20.3 Å². The topological polar surface area (TPSA) is 63.6 Å². The number of fused-ring (bicyclic) bond motifs is 1. The van der Waals surface area contributed by atoms with Crippen LogP contribution in [0, 0.1) is 11.8 Å². The van der Waals surface area contributed by atoms with Gasteiger partial charge in [-0.05, 0) is 42.8 Å². The van der Waals surface area contributed by atoms with E-state index in [0.29, 0.717) is 19.5 Å². The van der Waals surface area contributed by atoms with Crippen LogP contribution in [0.3, 0.4) is 0 Å². The Kier molecular flexibility index (Phi) is 4.97. The van der Waals surface area contributed by atoms with E-state index in [-0.39, 0.29) is 23.8 Å². The van der Waals surface area contributed by atoms with Crippen molar-refractivity contribution in [2.75, 3.05) is 25.5 Å². The maximum absolute atomic E-state index is 12.6. The second-order valence-electron chi connectivity index (χ2n) is 6.65. The number of methoxy groups -OCH3 is 1. The molecule has 3 rings (SSSR count). The summed E-state index contributed by atoms with van der Waals surface area (Å²) < 4.78 is 6.99. The van der Waals surface area contributed by atoms with Gasteiger partial charge in [-0.3, -0.25) is 4.79 Å². The number of carbonyl (C=O) groups excluding carboxylic acids is 2. The van der Waals surface area contributed by atoms with Crippen LogP contribution in [0.4, 0.5) is 10.5 Å². The van der Waals surface area contributed by atoms with Crippen molar-refractivity contribution in [1.82, 2.24) is 9.47 Å². The lowest BCUT2D eigenvalue weighted by atomic mass is 9.87. The summed E-state index contributed by atoms with van der Waals surface area (Å²) in [6, 6.07) is 7.89. The van der Waals surface area contributed by atoms with Gasteiger partial charge < -0.3 is 19.5 Å². The van der Waals surface area contributed by atoms with Gasteiger partial charge in [0.1, 0.15) is 0 Å². The van der Waals surface area contributed by atoms with Crippen molar-refractivity contribution in [3.8, 4) is 0 Å². The van der Waals surface area contributed by atoms with Crippen molar-refractivity contribution in [1.29, 1.82) is 0 Å². The standard InChI is InChI=1S/C19H25N3O3/c1-4-21-9-7-14-5-6-15(11-17(14)21)20-19(24)22-10-8-16(13(2)12-22)18(23)25-3/h5-7,9,11,13,16H,4,8,10,12H2,1-3H3,(H,20,24)/t13-,16-/m1/s1. The van der Waals surface area contributed by atoms with E-state index in [1.54, 1.807) is 4.90 Å². The number of aromatic nitrogens is 1. The molecule has 0 unspecified atom stereocenters. The van der Waals surface area contributed by atoms with Crippen LogP contribution in [-0.4, -0.2) is 41.7 Å². The molecule has 134 valence electrons. The Hall–Kier alpha value is -2.50. The van der Waals surface area contributed by atoms with Crippen molar-refractivity contribution >= 4 is 28.6 Å². The normalized spacial score (nSPS) is 20.5. The first-order chi connectivity index (χ1) is 12.0. The zero-order valence-corrected chi connectivity index (χ0v) is 15.0. The third kappa shape index (κ3) is 3.48. The minimum absolute atomic E-state index is 0.0896. The van der Waals surface area contributed by atoms with Gasteiger partial charge in [0.25, 0.3) is 0 Å². The first kappa shape index (κ1) is 17.3. The average molecular weight is 343 g/mol. The Morgan fingerprint density at radius 2 is 2.12 bits per heavy atom. The molecule has 1 saturated heterocycles. The number of likely N-dealkylation sites (tertiary alicyclic amines) is 1. The van der Waals surface area contributed by atoms with Gasteiger partial charge in [0, 0.05) is 31.5 Å². The molecule has 0 spiro atoms. The van der Waals surface area contributed by atoms with Crippen LogP contribution in [0.5, 0.6) is 0 Å². The number of hydrogen-bond donors (Lipinski definition) is 1. The fourth-order valence-electron chi connectivity index (χ4n) is 3.57. The maximum Gasteiger partial charge on any atom is 0.321 e. The fourth-order valence-corrected chi connectivity index (χ4v) is 3.57. The predicted octanol–water partition coefficient (Wildman–Crippen LogP) is 3.32. The molecular formula is C19H25N3O3. The van der Waals surface area contributed by atoms with Gasteiger partial charge in [0.05, 0.1) is 18.5 Å². The van der Waals surface area contributed by atoms with E-state index >= 15 is 0 Å². The van der Waals surface area contributed by atoms with Crippen LogP contribution in [-0.2, 0) is 16.1 Å². The molecule has 2 aromatic rings. The number of esters is 1. The summed E-state index contributed by atoms with van der Waals surface area (Å²) in [7, 11) is 1.41. The number of amides is 2. The minimum Gasteiger partial charge on any atom is -0.469 e. The van der Waals surface area contributed by atoms with Crippen LogP contribution >= 0.6 is 0 Å². The Morgan fingerprint density at radius 1 is 1.32 bits per heavy atom. The third-order valence-corrected chi connectivity index (χ3v) is 5.06. The van der Waals surface area contributed by atoms with E-state index < -0.39 is 0 Å². The van der Waals surface area contributed by atoms with Gasteiger partial charge in [-0.25, -0.2) is 4.79 Å². The van der Waals surface area contributed by atoms with Crippen LogP contribution < -0.4 is 5.32 Å². The molecule has 0 bridgehead atoms. The molecule has 1 aliphatic rings. The number of aryl methyl sites for hydroxylation is 1. The summed E-state index contributed by atoms with van der Waals surface area (Å²) in [6.07, 6.45) is 2.69. The number of benzene rings is 1. The Bertz CT molecular complexity index is 783. The molecule has 1 aromatic heterocycles. The van der Waals surface area contributed by atoms with Crippen LogP contribution in [0.15, 0.2) is 30.5 Å². The molecular weight excluding hydrogens is 318 g/mol. The van der Waals surface area contributed by atoms with Crippen molar-refractivity contribution in [2.24, 2.45) is 11.8 Å². The molecule has 2 heterocycles. The molecule has 25 heavy (non-hydrogen) atoms. The van der Waals surface area contributed by atoms with Gasteiger partial charge in [-0.15, -0.1) is 0 Å². The highest BCUT2D eigenvalue weighted by Gasteiger charge is 2.33. The molecule has 1 fully saturated rings. The molecule has 0 radical (unpaired) electrons. The Balaban J connectivity index is 1.67. The second-order valence-corrected chi connectivity index (χ2v) is 6.65. The molecule has 6 nitrogen and oxygen atoms in total. The quantitative estimate of drug-likeness (QED) is 0.870. The first-order valence-electron chi connectivity index (χ1n) is 8.76. The fraction of sp³-hybridized carbons (Fsp3) is 0.474. The number of nitrogens with zero attached hydrogens (tertiary/aromatic N) is 2. The molecule has 2 atom stereocenters. The monoisotopic (exact) mass is 343 g/mol. The lowest BCUT2D eigenvalue weighted by Gasteiger charge is -2.35. The van der Waals surface area contributed by atoms with Crippen molar-refractivity contribution in [3.05, 3.63) is 30.5 Å². The molecule has 6 heteroatoms. The minimum atomic E-state index is -0.182. The molecule has 1 aliphatic heterocycles. The average Bonchev–Trinajstić information content (AvgIpc) is 3.03. The van der Waals surface area contributed by atoms with Crippen molar-refractivity contribution in [2.45, 2.75) is 26.8 Å². The van der Waals surface area contributed by atoms with Crippen molar-refractivity contribution < 1.29 is 14.3 Å². The smallest absolute Gasteiger partial charge is 0.321 e. The Labute approximate surface area is 147 Å². The molecule has 2 amide bonds. The largest absolute Gasteiger partial charge is 0.469 e. The number of piperidine rings is 1. The second kappa shape index (κ2) is 7.17. The van der Waals surface area contributed by atoms with Crippen LogP contribution in [0.2, 0.25) is 0 Å². The summed E-state index contributed by atoms with van der Waals surface area (Å²) >= 11 is 0. The van der Waals surface area contributed by atoms with Gasteiger partial charge in [0.15, 0.2) is 0 Å². The number of carbonyl (C=O) groups is 2. The zero-order chi connectivity index (χ0) is 18.0. The molecule has 1 N–H and O–H groups in total. The lowest BCUT2D eigenvalue weighted by molar-refractivity contribution is -0.148. The highest BCUT2D eigenvalue weighted by molar-refractivity contribution is 5.93. The zero-order valence-electron chi connectivity index (χ0n) is 15.0. The SMILES string of the molecule is CCn1ccc2ccc(NC(=O)N3CC[C@@H](C(=O)OC)[C@H](C)C3)cc21. The van der Waals surface area contributed by atoms with E-state index in [4.69, 9.17) is 4.74 Å². The first-order valence-corrected chi connectivity index (χ1v) is 8.76. The summed E-state index contributed by atoms with van der Waals surface area (Å²) in [5.41, 5.74) is 1.90. The van der Waals surface area contributed by atoms with Gasteiger partial charge >= 0.3 is 12.0 Å². The maximum atomic E-state index is 12.6. The number of nitrogens with one attached hydrogen (secondary N) is 1. The lowest BCUT2D eigenvalue weighted by Crippen LogP contribution is -2.46. The molecule has 1 aromatic carbocycles. The number of hydrogen-bond acceptors (Lipinski definition) is 3. The number of urea groups is 1. The number of anilines is 1. The van der Waals surface area contributed by atoms with E-state index in [1.807, 2.05) is 25.1 Å². The molecule has 0 saturated carbocycles. The number of ether oxygens (including phenoxy) is 1. The van der Waals surface area contributed by atoms with Crippen molar-refractivity contribution in [3.63, 3.8) is 0 Å². The van der Waals surface area contributed by atoms with E-state index in [1.165, 1.54) is 7.11 Å².